The summed E-state index contributed by atoms with van der Waals surface area (Å²) in [5.74, 6) is 0.788. The van der Waals surface area contributed by atoms with Gasteiger partial charge in [0, 0.05) is 39.3 Å². The molecular weight excluding hydrogens is 292 g/mol. The summed E-state index contributed by atoms with van der Waals surface area (Å²) in [6.07, 6.45) is 1.32. The maximum absolute atomic E-state index is 12.5. The molecule has 5 heteroatoms. The van der Waals surface area contributed by atoms with E-state index in [-0.39, 0.29) is 12.5 Å². The van der Waals surface area contributed by atoms with Crippen molar-refractivity contribution in [1.29, 1.82) is 0 Å². The van der Waals surface area contributed by atoms with Crippen molar-refractivity contribution in [3.63, 3.8) is 0 Å². The third-order valence-electron chi connectivity index (χ3n) is 4.31. The molecule has 1 saturated heterocycles. The Kier molecular flexibility index (Phi) is 6.86. The molecule has 0 spiro atoms. The molecule has 1 aliphatic heterocycles. The second-order valence-electron chi connectivity index (χ2n) is 6.00. The van der Waals surface area contributed by atoms with Crippen molar-refractivity contribution in [3.8, 4) is 5.75 Å². The first kappa shape index (κ1) is 17.8. The number of rotatable bonds is 7. The third kappa shape index (κ3) is 5.22. The lowest BCUT2D eigenvalue weighted by molar-refractivity contribution is -0.139. The van der Waals surface area contributed by atoms with Crippen LogP contribution in [0.15, 0.2) is 24.3 Å². The zero-order valence-electron chi connectivity index (χ0n) is 14.2. The van der Waals surface area contributed by atoms with Crippen LogP contribution in [0.5, 0.6) is 5.75 Å². The lowest BCUT2D eigenvalue weighted by atomic mass is 10.2. The molecule has 1 fully saturated rings. The van der Waals surface area contributed by atoms with Crippen LogP contribution in [0.2, 0.25) is 0 Å². The highest BCUT2D eigenvalue weighted by Gasteiger charge is 2.25. The highest BCUT2D eigenvalue weighted by Crippen LogP contribution is 2.15. The number of aryl methyl sites for hydroxylation is 1. The number of benzene rings is 1. The first-order valence-corrected chi connectivity index (χ1v) is 8.51. The Bertz CT molecular complexity index is 482. The molecule has 1 N–H and O–H groups in total. The van der Waals surface area contributed by atoms with E-state index >= 15 is 0 Å². The van der Waals surface area contributed by atoms with Crippen LogP contribution in [0.1, 0.15) is 25.8 Å². The molecule has 0 saturated carbocycles. The van der Waals surface area contributed by atoms with E-state index in [0.717, 1.165) is 51.3 Å². The van der Waals surface area contributed by atoms with Crippen LogP contribution in [-0.2, 0) is 11.2 Å². The van der Waals surface area contributed by atoms with Gasteiger partial charge in [-0.05, 0) is 37.5 Å². The van der Waals surface area contributed by atoms with Gasteiger partial charge in [-0.1, -0.05) is 19.1 Å². The van der Waals surface area contributed by atoms with Gasteiger partial charge in [0.05, 0.1) is 0 Å². The number of aliphatic hydroxyl groups excluding tert-OH is 1. The van der Waals surface area contributed by atoms with Crippen molar-refractivity contribution in [2.75, 3.05) is 39.3 Å². The van der Waals surface area contributed by atoms with Gasteiger partial charge in [-0.3, -0.25) is 9.69 Å². The predicted octanol–water partition coefficient (Wildman–Crippen LogP) is 1.54. The van der Waals surface area contributed by atoms with Crippen molar-refractivity contribution < 1.29 is 14.6 Å². The van der Waals surface area contributed by atoms with Gasteiger partial charge in [0.25, 0.3) is 5.91 Å². The number of carbonyl (C=O) groups excluding carboxylic acids is 1. The van der Waals surface area contributed by atoms with Gasteiger partial charge in [-0.15, -0.1) is 0 Å². The van der Waals surface area contributed by atoms with Crippen LogP contribution in [-0.4, -0.2) is 66.2 Å². The van der Waals surface area contributed by atoms with E-state index in [9.17, 15) is 4.79 Å². The van der Waals surface area contributed by atoms with Crippen LogP contribution in [0.3, 0.4) is 0 Å². The van der Waals surface area contributed by atoms with Crippen LogP contribution >= 0.6 is 0 Å². The summed E-state index contributed by atoms with van der Waals surface area (Å²) in [5, 5.41) is 8.88. The van der Waals surface area contributed by atoms with Crippen molar-refractivity contribution in [1.82, 2.24) is 9.80 Å². The Morgan fingerprint density at radius 3 is 2.43 bits per heavy atom. The van der Waals surface area contributed by atoms with Gasteiger partial charge >= 0.3 is 0 Å². The molecule has 0 bridgehead atoms. The number of ether oxygens (including phenoxy) is 1. The van der Waals surface area contributed by atoms with Gasteiger partial charge in [-0.25, -0.2) is 0 Å². The average Bonchev–Trinajstić information content (AvgIpc) is 2.60. The van der Waals surface area contributed by atoms with Crippen molar-refractivity contribution >= 4 is 5.91 Å². The minimum Gasteiger partial charge on any atom is -0.481 e. The first-order valence-electron chi connectivity index (χ1n) is 8.51. The maximum atomic E-state index is 12.5. The molecule has 0 radical (unpaired) electrons. The fourth-order valence-electron chi connectivity index (χ4n) is 2.80. The number of amides is 1. The van der Waals surface area contributed by atoms with Crippen LogP contribution in [0.25, 0.3) is 0 Å². The first-order chi connectivity index (χ1) is 11.1. The van der Waals surface area contributed by atoms with Crippen molar-refractivity contribution in [3.05, 3.63) is 29.8 Å². The summed E-state index contributed by atoms with van der Waals surface area (Å²) in [6, 6.07) is 7.92. The molecule has 0 aromatic heterocycles. The van der Waals surface area contributed by atoms with E-state index < -0.39 is 6.10 Å². The monoisotopic (exact) mass is 320 g/mol. The number of aliphatic hydroxyl groups is 1. The number of carbonyl (C=O) groups is 1. The summed E-state index contributed by atoms with van der Waals surface area (Å²) < 4.78 is 5.78. The van der Waals surface area contributed by atoms with E-state index in [1.165, 1.54) is 5.56 Å². The fraction of sp³-hybridized carbons (Fsp3) is 0.611. The standard InChI is InChI=1S/C18H28N2O3/c1-3-16-5-7-17(8-6-16)23-15(2)18(22)20-12-10-19(11-13-20)9-4-14-21/h5-8,15,21H,3-4,9-14H2,1-2H3. The Balaban J connectivity index is 1.80. The van der Waals surface area contributed by atoms with Crippen molar-refractivity contribution in [2.24, 2.45) is 0 Å². The van der Waals surface area contributed by atoms with E-state index in [1.807, 2.05) is 36.1 Å². The average molecular weight is 320 g/mol. The van der Waals surface area contributed by atoms with Gasteiger partial charge in [0.1, 0.15) is 5.75 Å². The second-order valence-corrected chi connectivity index (χ2v) is 6.00. The number of hydrogen-bond acceptors (Lipinski definition) is 4. The van der Waals surface area contributed by atoms with E-state index in [4.69, 9.17) is 9.84 Å². The molecule has 1 atom stereocenters. The quantitative estimate of drug-likeness (QED) is 0.828. The Hall–Kier alpha value is -1.59. The molecule has 1 amide bonds. The Morgan fingerprint density at radius 2 is 1.87 bits per heavy atom. The zero-order valence-corrected chi connectivity index (χ0v) is 14.2. The van der Waals surface area contributed by atoms with E-state index in [2.05, 4.69) is 11.8 Å². The lowest BCUT2D eigenvalue weighted by Gasteiger charge is -2.35. The highest BCUT2D eigenvalue weighted by molar-refractivity contribution is 5.81. The van der Waals surface area contributed by atoms with Gasteiger partial charge in [-0.2, -0.15) is 0 Å². The largest absolute Gasteiger partial charge is 0.481 e. The molecule has 23 heavy (non-hydrogen) atoms. The van der Waals surface area contributed by atoms with Gasteiger partial charge in [0.2, 0.25) is 0 Å². The maximum Gasteiger partial charge on any atom is 0.263 e. The Morgan fingerprint density at radius 1 is 1.22 bits per heavy atom. The third-order valence-corrected chi connectivity index (χ3v) is 4.31. The number of nitrogens with zero attached hydrogens (tertiary/aromatic N) is 2. The summed E-state index contributed by atoms with van der Waals surface area (Å²) >= 11 is 0. The summed E-state index contributed by atoms with van der Waals surface area (Å²) in [7, 11) is 0. The van der Waals surface area contributed by atoms with E-state index in [1.54, 1.807) is 0 Å². The summed E-state index contributed by atoms with van der Waals surface area (Å²) in [6.45, 7) is 8.23. The fourth-order valence-corrected chi connectivity index (χ4v) is 2.80. The van der Waals surface area contributed by atoms with E-state index in [0.29, 0.717) is 0 Å². The highest BCUT2D eigenvalue weighted by atomic mass is 16.5. The second kappa shape index (κ2) is 8.89. The normalized spacial score (nSPS) is 17.1. The Labute approximate surface area is 138 Å². The van der Waals surface area contributed by atoms with Crippen LogP contribution in [0, 0.1) is 0 Å². The SMILES string of the molecule is CCc1ccc(OC(C)C(=O)N2CCN(CCCO)CC2)cc1. The molecule has 1 aliphatic rings. The minimum absolute atomic E-state index is 0.0476. The topological polar surface area (TPSA) is 53.0 Å². The molecule has 128 valence electrons. The molecule has 0 aliphatic carbocycles. The molecule has 1 aromatic carbocycles. The number of hydrogen-bond donors (Lipinski definition) is 1. The zero-order chi connectivity index (χ0) is 16.7. The molecule has 5 nitrogen and oxygen atoms in total. The molecule has 2 rings (SSSR count). The number of piperazine rings is 1. The van der Waals surface area contributed by atoms with Gasteiger partial charge in [0.15, 0.2) is 6.10 Å². The summed E-state index contributed by atoms with van der Waals surface area (Å²) in [5.41, 5.74) is 1.26. The van der Waals surface area contributed by atoms with Crippen LogP contribution < -0.4 is 4.74 Å². The van der Waals surface area contributed by atoms with Crippen molar-refractivity contribution in [2.45, 2.75) is 32.8 Å². The molecular formula is C18H28N2O3. The molecule has 1 unspecified atom stereocenters. The van der Waals surface area contributed by atoms with Crippen LogP contribution in [0.4, 0.5) is 0 Å². The summed E-state index contributed by atoms with van der Waals surface area (Å²) in [4.78, 5) is 16.7. The van der Waals surface area contributed by atoms with Gasteiger partial charge < -0.3 is 14.7 Å². The molecule has 1 aromatic rings. The smallest absolute Gasteiger partial charge is 0.263 e. The molecule has 1 heterocycles. The minimum atomic E-state index is -0.466. The lowest BCUT2D eigenvalue weighted by Crippen LogP contribution is -2.52. The predicted molar refractivity (Wildman–Crippen MR) is 90.6 cm³/mol.